The van der Waals surface area contributed by atoms with Gasteiger partial charge in [0.15, 0.2) is 0 Å². The second-order valence-corrected chi connectivity index (χ2v) is 3.64. The maximum absolute atomic E-state index is 9.11. The number of aliphatic hydroxyl groups excluding tert-OH is 1. The lowest BCUT2D eigenvalue weighted by molar-refractivity contribution is 0.185. The Morgan fingerprint density at radius 2 is 2.14 bits per heavy atom. The number of nitrogens with one attached hydrogen (secondary N) is 1. The third-order valence-corrected chi connectivity index (χ3v) is 2.18. The van der Waals surface area contributed by atoms with Gasteiger partial charge in [0.05, 0.1) is 12.1 Å². The van der Waals surface area contributed by atoms with Crippen LogP contribution >= 0.6 is 0 Å². The number of furan rings is 1. The highest BCUT2D eigenvalue weighted by Gasteiger charge is 2.09. The van der Waals surface area contributed by atoms with Crippen LogP contribution in [0, 0.1) is 0 Å². The van der Waals surface area contributed by atoms with Crippen molar-refractivity contribution >= 4 is 0 Å². The van der Waals surface area contributed by atoms with Gasteiger partial charge < -0.3 is 14.8 Å². The number of hydrogen-bond donors (Lipinski definition) is 2. The molecule has 0 aromatic carbocycles. The molecule has 1 aromatic rings. The molecule has 0 spiro atoms. The Kier molecular flexibility index (Phi) is 4.17. The van der Waals surface area contributed by atoms with Crippen LogP contribution in [0.1, 0.15) is 38.3 Å². The van der Waals surface area contributed by atoms with Gasteiger partial charge in [-0.15, -0.1) is 0 Å². The van der Waals surface area contributed by atoms with E-state index in [1.165, 1.54) is 0 Å². The van der Waals surface area contributed by atoms with Crippen LogP contribution in [0.15, 0.2) is 16.5 Å². The third kappa shape index (κ3) is 3.16. The fourth-order valence-corrected chi connectivity index (χ4v) is 1.27. The largest absolute Gasteiger partial charge is 0.464 e. The molecule has 0 amide bonds. The zero-order valence-electron chi connectivity index (χ0n) is 9.08. The van der Waals surface area contributed by atoms with Crippen LogP contribution < -0.4 is 5.32 Å². The number of aryl methyl sites for hydroxylation is 1. The van der Waals surface area contributed by atoms with Crippen molar-refractivity contribution in [1.82, 2.24) is 5.32 Å². The fraction of sp³-hybridized carbons (Fsp3) is 0.636. The zero-order chi connectivity index (χ0) is 10.6. The van der Waals surface area contributed by atoms with Crippen LogP contribution in [0.5, 0.6) is 0 Å². The van der Waals surface area contributed by atoms with Gasteiger partial charge in [0, 0.05) is 13.0 Å². The lowest BCUT2D eigenvalue weighted by Crippen LogP contribution is -2.26. The molecule has 0 fully saturated rings. The first kappa shape index (κ1) is 11.3. The van der Waals surface area contributed by atoms with Crippen LogP contribution in [0.4, 0.5) is 0 Å². The van der Waals surface area contributed by atoms with Crippen LogP contribution in [0.3, 0.4) is 0 Å². The van der Waals surface area contributed by atoms with Crippen molar-refractivity contribution in [3.63, 3.8) is 0 Å². The molecule has 2 unspecified atom stereocenters. The summed E-state index contributed by atoms with van der Waals surface area (Å²) in [6.45, 7) is 6.44. The number of aliphatic hydroxyl groups is 1. The molecule has 0 aliphatic heterocycles. The molecule has 0 bridgehead atoms. The summed E-state index contributed by atoms with van der Waals surface area (Å²) in [5.41, 5.74) is 0. The third-order valence-electron chi connectivity index (χ3n) is 2.18. The van der Waals surface area contributed by atoms with Gasteiger partial charge in [-0.25, -0.2) is 0 Å². The minimum Gasteiger partial charge on any atom is -0.464 e. The van der Waals surface area contributed by atoms with Gasteiger partial charge in [0.1, 0.15) is 11.5 Å². The second-order valence-electron chi connectivity index (χ2n) is 3.64. The normalized spacial score (nSPS) is 15.4. The van der Waals surface area contributed by atoms with Crippen molar-refractivity contribution in [2.24, 2.45) is 0 Å². The summed E-state index contributed by atoms with van der Waals surface area (Å²) in [6.07, 6.45) is 0.599. The predicted octanol–water partition coefficient (Wildman–Crippen LogP) is 1.87. The maximum atomic E-state index is 9.11. The van der Waals surface area contributed by atoms with E-state index in [9.17, 15) is 0 Å². The summed E-state index contributed by atoms with van der Waals surface area (Å²) in [7, 11) is 0. The molecule has 0 saturated carbocycles. The van der Waals surface area contributed by atoms with Gasteiger partial charge in [0.25, 0.3) is 0 Å². The number of rotatable bonds is 5. The summed E-state index contributed by atoms with van der Waals surface area (Å²) < 4.78 is 5.58. The molecule has 80 valence electrons. The van der Waals surface area contributed by atoms with Crippen molar-refractivity contribution < 1.29 is 9.52 Å². The average Bonchev–Trinajstić information content (AvgIpc) is 2.62. The van der Waals surface area contributed by atoms with Crippen molar-refractivity contribution in [1.29, 1.82) is 0 Å². The summed E-state index contributed by atoms with van der Waals surface area (Å²) >= 11 is 0. The van der Waals surface area contributed by atoms with E-state index < -0.39 is 0 Å². The molecule has 1 aromatic heterocycles. The molecule has 1 rings (SSSR count). The van der Waals surface area contributed by atoms with Crippen LogP contribution in [-0.4, -0.2) is 17.8 Å². The molecule has 3 nitrogen and oxygen atoms in total. The van der Waals surface area contributed by atoms with Gasteiger partial charge in [-0.1, -0.05) is 6.92 Å². The minimum atomic E-state index is -0.321. The van der Waals surface area contributed by atoms with E-state index in [1.807, 2.05) is 19.1 Å². The summed E-state index contributed by atoms with van der Waals surface area (Å²) in [4.78, 5) is 0. The van der Waals surface area contributed by atoms with Crippen LogP contribution in [0.25, 0.3) is 0 Å². The highest BCUT2D eigenvalue weighted by atomic mass is 16.3. The van der Waals surface area contributed by atoms with Gasteiger partial charge in [0.2, 0.25) is 0 Å². The molecule has 3 heteroatoms. The first-order chi connectivity index (χ1) is 6.63. The van der Waals surface area contributed by atoms with Crippen molar-refractivity contribution in [3.8, 4) is 0 Å². The Labute approximate surface area is 85.1 Å². The fourth-order valence-electron chi connectivity index (χ4n) is 1.27. The van der Waals surface area contributed by atoms with E-state index in [1.54, 1.807) is 6.92 Å². The highest BCUT2D eigenvalue weighted by molar-refractivity contribution is 5.10. The molecule has 0 radical (unpaired) electrons. The summed E-state index contributed by atoms with van der Waals surface area (Å²) in [5, 5.41) is 12.3. The van der Waals surface area contributed by atoms with Gasteiger partial charge in [-0.2, -0.15) is 0 Å². The smallest absolute Gasteiger partial charge is 0.120 e. The molecule has 1 heterocycles. The van der Waals surface area contributed by atoms with Crippen molar-refractivity contribution in [3.05, 3.63) is 23.7 Å². The van der Waals surface area contributed by atoms with E-state index in [2.05, 4.69) is 12.2 Å². The topological polar surface area (TPSA) is 45.4 Å². The maximum Gasteiger partial charge on any atom is 0.120 e. The predicted molar refractivity (Wildman–Crippen MR) is 56.2 cm³/mol. The molecule has 2 N–H and O–H groups in total. The Balaban J connectivity index is 2.47. The molecule has 0 saturated heterocycles. The SMILES string of the molecule is CCc1ccc(C(C)NCC(C)O)o1. The van der Waals surface area contributed by atoms with Gasteiger partial charge in [-0.3, -0.25) is 0 Å². The molecule has 14 heavy (non-hydrogen) atoms. The van der Waals surface area contributed by atoms with E-state index >= 15 is 0 Å². The standard InChI is InChI=1S/C11H19NO2/c1-4-10-5-6-11(14-10)9(3)12-7-8(2)13/h5-6,8-9,12-13H,4,7H2,1-3H3. The van der Waals surface area contributed by atoms with E-state index in [0.29, 0.717) is 6.54 Å². The Hall–Kier alpha value is -0.800. The highest BCUT2D eigenvalue weighted by Crippen LogP contribution is 2.16. The minimum absolute atomic E-state index is 0.157. The molecular weight excluding hydrogens is 178 g/mol. The molecule has 0 aliphatic rings. The van der Waals surface area contributed by atoms with Gasteiger partial charge in [-0.05, 0) is 26.0 Å². The van der Waals surface area contributed by atoms with E-state index in [-0.39, 0.29) is 12.1 Å². The molecular formula is C11H19NO2. The van der Waals surface area contributed by atoms with Crippen molar-refractivity contribution in [2.45, 2.75) is 39.3 Å². The first-order valence-electron chi connectivity index (χ1n) is 5.13. The molecule has 0 aliphatic carbocycles. The molecule has 2 atom stereocenters. The van der Waals surface area contributed by atoms with Crippen molar-refractivity contribution in [2.75, 3.05) is 6.54 Å². The lowest BCUT2D eigenvalue weighted by Gasteiger charge is -2.12. The quantitative estimate of drug-likeness (QED) is 0.757. The Bertz CT molecular complexity index is 268. The summed E-state index contributed by atoms with van der Waals surface area (Å²) in [6, 6.07) is 4.14. The number of hydrogen-bond acceptors (Lipinski definition) is 3. The van der Waals surface area contributed by atoms with Gasteiger partial charge >= 0.3 is 0 Å². The second kappa shape index (κ2) is 5.17. The average molecular weight is 197 g/mol. The van der Waals surface area contributed by atoms with Crippen LogP contribution in [-0.2, 0) is 6.42 Å². The zero-order valence-corrected chi connectivity index (χ0v) is 9.08. The Morgan fingerprint density at radius 3 is 2.64 bits per heavy atom. The van der Waals surface area contributed by atoms with E-state index in [0.717, 1.165) is 17.9 Å². The Morgan fingerprint density at radius 1 is 1.43 bits per heavy atom. The monoisotopic (exact) mass is 197 g/mol. The summed E-state index contributed by atoms with van der Waals surface area (Å²) in [5.74, 6) is 1.94. The first-order valence-corrected chi connectivity index (χ1v) is 5.13. The lowest BCUT2D eigenvalue weighted by atomic mass is 10.2. The van der Waals surface area contributed by atoms with Crippen LogP contribution in [0.2, 0.25) is 0 Å². The van der Waals surface area contributed by atoms with E-state index in [4.69, 9.17) is 9.52 Å².